The summed E-state index contributed by atoms with van der Waals surface area (Å²) in [6, 6.07) is 50.7. The maximum atomic E-state index is 9.96. The molecule has 0 radical (unpaired) electrons. The van der Waals surface area contributed by atoms with Gasteiger partial charge in [-0.1, -0.05) is 129 Å². The zero-order chi connectivity index (χ0) is 30.9. The molecule has 0 saturated carbocycles. The maximum Gasteiger partial charge on any atom is 0.0785 e. The van der Waals surface area contributed by atoms with E-state index in [0.29, 0.717) is 0 Å². The zero-order valence-electron chi connectivity index (χ0n) is 24.6. The van der Waals surface area contributed by atoms with Crippen molar-refractivity contribution in [2.24, 2.45) is 0 Å². The zero-order valence-corrected chi connectivity index (χ0v) is 31.1. The number of alkyl halides is 1. The summed E-state index contributed by atoms with van der Waals surface area (Å²) in [4.78, 5) is 0. The van der Waals surface area contributed by atoms with E-state index >= 15 is 0 Å². The second kappa shape index (κ2) is 16.7. The van der Waals surface area contributed by atoms with Crippen molar-refractivity contribution in [1.82, 2.24) is 4.57 Å². The van der Waals surface area contributed by atoms with Crippen molar-refractivity contribution in [2.45, 2.75) is 6.42 Å². The fourth-order valence-electron chi connectivity index (χ4n) is 5.39. The van der Waals surface area contributed by atoms with Gasteiger partial charge in [-0.3, -0.25) is 4.39 Å². The van der Waals surface area contributed by atoms with E-state index in [0.717, 1.165) is 10.9 Å². The van der Waals surface area contributed by atoms with Gasteiger partial charge in [-0.15, -0.1) is 0 Å². The molecule has 1 aliphatic rings. The van der Waals surface area contributed by atoms with Gasteiger partial charge in [0.1, 0.15) is 0 Å². The van der Waals surface area contributed by atoms with Gasteiger partial charge in [-0.05, 0) is 99.8 Å². The first-order valence-electron chi connectivity index (χ1n) is 14.4. The van der Waals surface area contributed by atoms with E-state index in [-0.39, 0.29) is 24.0 Å². The van der Waals surface area contributed by atoms with E-state index in [4.69, 9.17) is 1.37 Å². The quantitative estimate of drug-likeness (QED) is 0.145. The first kappa shape index (κ1) is 32.9. The molecule has 0 aliphatic heterocycles. The average Bonchev–Trinajstić information content (AvgIpc) is 3.60. The predicted octanol–water partition coefficient (Wildman–Crippen LogP) is 9.45. The molecule has 1 nitrogen and oxygen atoms in total. The number of halogens is 5. The number of aromatic nitrogens is 1. The van der Waals surface area contributed by atoms with Crippen molar-refractivity contribution in [3.63, 3.8) is 0 Å². The largest absolute Gasteiger partial charge is 1.00 e. The van der Waals surface area contributed by atoms with E-state index < -0.39 is 7.15 Å². The molecule has 1 aliphatic carbocycles. The number of para-hydroxylation sites is 2. The SMILES string of the molecule is Brc1cccc2c1-c1ccccc1C2.Brc1cccc2c1c1ccccc1n2-c1ccccc1.Ic1ccccc1.[2H]CF.[I-]. The summed E-state index contributed by atoms with van der Waals surface area (Å²) in [6.45, 7) is 0. The number of benzene rings is 6. The standard InChI is InChI=1S/C18H12BrN.C13H9Br.C6H5I.CH3F.HI/c19-15-10-6-12-17-18(15)14-9-4-5-11-16(14)20(17)13-7-2-1-3-8-13;14-12-7-3-5-10-8-9-4-1-2-6-11(9)13(10)12;7-6-4-2-1-3-5-6;1-2;/h1-12H;1-7H,8H2;1-5H;1H3;1H/p-1/i;;;1D;. The number of nitrogens with zero attached hydrogens (tertiary/aromatic N) is 1. The summed E-state index contributed by atoms with van der Waals surface area (Å²) in [5.74, 6) is 0. The lowest BCUT2D eigenvalue weighted by Crippen LogP contribution is -3.00. The third kappa shape index (κ3) is 7.63. The molecule has 0 fully saturated rings. The van der Waals surface area contributed by atoms with Crippen molar-refractivity contribution < 1.29 is 29.7 Å². The van der Waals surface area contributed by atoms with Crippen LogP contribution in [0.15, 0.2) is 155 Å². The summed E-state index contributed by atoms with van der Waals surface area (Å²) < 4.78 is 21.5. The van der Waals surface area contributed by atoms with Gasteiger partial charge in [0.2, 0.25) is 0 Å². The van der Waals surface area contributed by atoms with Gasteiger partial charge in [0.15, 0.2) is 0 Å². The Kier molecular flexibility index (Phi) is 12.5. The van der Waals surface area contributed by atoms with Crippen LogP contribution in [-0.2, 0) is 6.42 Å². The minimum Gasteiger partial charge on any atom is -1.00 e. The fourth-order valence-corrected chi connectivity index (χ4v) is 6.99. The van der Waals surface area contributed by atoms with Crippen LogP contribution < -0.4 is 24.0 Å². The second-order valence-electron chi connectivity index (χ2n) is 9.73. The molecule has 222 valence electrons. The number of rotatable bonds is 1. The third-order valence-electron chi connectivity index (χ3n) is 7.16. The molecule has 1 heterocycles. The van der Waals surface area contributed by atoms with Crippen LogP contribution in [0.4, 0.5) is 4.39 Å². The highest BCUT2D eigenvalue weighted by Crippen LogP contribution is 2.41. The molecule has 0 bridgehead atoms. The Labute approximate surface area is 307 Å². The van der Waals surface area contributed by atoms with Crippen molar-refractivity contribution in [2.75, 3.05) is 7.15 Å². The maximum absolute atomic E-state index is 9.96. The molecule has 0 N–H and O–H groups in total. The normalized spacial score (nSPS) is 10.9. The molecule has 6 heteroatoms. The van der Waals surface area contributed by atoms with E-state index in [9.17, 15) is 4.39 Å². The second-order valence-corrected chi connectivity index (χ2v) is 12.7. The molecule has 44 heavy (non-hydrogen) atoms. The van der Waals surface area contributed by atoms with Gasteiger partial charge >= 0.3 is 0 Å². The van der Waals surface area contributed by atoms with Gasteiger partial charge < -0.3 is 28.5 Å². The Morgan fingerprint density at radius 1 is 0.636 bits per heavy atom. The smallest absolute Gasteiger partial charge is 0.0785 e. The molecular formula is C38H29Br2FI2N-. The molecular weight excluding hydrogens is 903 g/mol. The van der Waals surface area contributed by atoms with Crippen LogP contribution in [0.1, 0.15) is 12.5 Å². The Morgan fingerprint density at radius 3 is 1.89 bits per heavy atom. The van der Waals surface area contributed by atoms with Crippen LogP contribution in [0.5, 0.6) is 0 Å². The molecule has 0 amide bonds. The molecule has 0 saturated heterocycles. The molecule has 0 unspecified atom stereocenters. The molecule has 0 spiro atoms. The van der Waals surface area contributed by atoms with E-state index in [1.165, 1.54) is 57.8 Å². The van der Waals surface area contributed by atoms with Gasteiger partial charge in [-0.2, -0.15) is 0 Å². The van der Waals surface area contributed by atoms with Crippen LogP contribution in [0.2, 0.25) is 0 Å². The van der Waals surface area contributed by atoms with E-state index in [2.05, 4.69) is 180 Å². The third-order valence-corrected chi connectivity index (χ3v) is 9.20. The average molecular weight is 933 g/mol. The van der Waals surface area contributed by atoms with Crippen LogP contribution in [0.3, 0.4) is 0 Å². The Hall–Kier alpha value is -2.53. The van der Waals surface area contributed by atoms with Gasteiger partial charge in [0, 0.05) is 29.0 Å². The van der Waals surface area contributed by atoms with Gasteiger partial charge in [0.05, 0.1) is 19.6 Å². The summed E-state index contributed by atoms with van der Waals surface area (Å²) >= 11 is 9.59. The molecule has 7 aromatic rings. The van der Waals surface area contributed by atoms with Crippen molar-refractivity contribution >= 4 is 76.3 Å². The van der Waals surface area contributed by atoms with Crippen LogP contribution in [0.25, 0.3) is 38.6 Å². The van der Waals surface area contributed by atoms with Gasteiger partial charge in [0.25, 0.3) is 0 Å². The summed E-state index contributed by atoms with van der Waals surface area (Å²) in [5, 5.41) is 2.55. The topological polar surface area (TPSA) is 4.93 Å². The number of fused-ring (bicyclic) bond motifs is 6. The summed E-state index contributed by atoms with van der Waals surface area (Å²) in [7, 11) is -1.00. The monoisotopic (exact) mass is 931 g/mol. The predicted molar refractivity (Wildman–Crippen MR) is 197 cm³/mol. The lowest BCUT2D eigenvalue weighted by Gasteiger charge is -2.07. The summed E-state index contributed by atoms with van der Waals surface area (Å²) in [6.07, 6.45) is 1.07. The van der Waals surface area contributed by atoms with Crippen molar-refractivity contribution in [3.05, 3.63) is 169 Å². The highest BCUT2D eigenvalue weighted by atomic mass is 127. The fraction of sp³-hybridized carbons (Fsp3) is 0.0526. The first-order chi connectivity index (χ1) is 21.5. The Balaban J connectivity index is 0.000000160. The minimum atomic E-state index is -1.00. The Bertz CT molecular complexity index is 1980. The van der Waals surface area contributed by atoms with Crippen LogP contribution in [0, 0.1) is 3.57 Å². The number of hydrogen-bond acceptors (Lipinski definition) is 0. The molecule has 6 aromatic carbocycles. The lowest BCUT2D eigenvalue weighted by molar-refractivity contribution is -0.00000838. The van der Waals surface area contributed by atoms with Gasteiger partial charge in [-0.25, -0.2) is 0 Å². The highest BCUT2D eigenvalue weighted by molar-refractivity contribution is 14.1. The minimum absolute atomic E-state index is 0. The van der Waals surface area contributed by atoms with Crippen molar-refractivity contribution in [1.29, 1.82) is 0 Å². The summed E-state index contributed by atoms with van der Waals surface area (Å²) in [5.41, 5.74) is 9.29. The number of hydrogen-bond donors (Lipinski definition) is 0. The molecule has 8 rings (SSSR count). The molecule has 0 atom stereocenters. The lowest BCUT2D eigenvalue weighted by atomic mass is 10.1. The van der Waals surface area contributed by atoms with Crippen LogP contribution >= 0.6 is 54.5 Å². The molecule has 1 aromatic heterocycles. The first-order valence-corrected chi connectivity index (χ1v) is 16.3. The van der Waals surface area contributed by atoms with Crippen molar-refractivity contribution in [3.8, 4) is 16.8 Å². The van der Waals surface area contributed by atoms with E-state index in [1.807, 2.05) is 24.3 Å². The van der Waals surface area contributed by atoms with E-state index in [1.54, 1.807) is 0 Å². The highest BCUT2D eigenvalue weighted by Gasteiger charge is 2.19. The van der Waals surface area contributed by atoms with Crippen LogP contribution in [-0.4, -0.2) is 11.7 Å². The Morgan fingerprint density at radius 2 is 1.18 bits per heavy atom.